The Balaban J connectivity index is 2.11. The van der Waals surface area contributed by atoms with Crippen LogP contribution in [0.2, 0.25) is 5.15 Å². The van der Waals surface area contributed by atoms with Gasteiger partial charge in [-0.25, -0.2) is 4.68 Å². The van der Waals surface area contributed by atoms with Crippen molar-refractivity contribution in [1.82, 2.24) is 15.1 Å². The van der Waals surface area contributed by atoms with Crippen molar-refractivity contribution in [1.29, 1.82) is 0 Å². The minimum absolute atomic E-state index is 0.262. The van der Waals surface area contributed by atoms with Crippen LogP contribution in [0.5, 0.6) is 0 Å². The molecule has 1 unspecified atom stereocenters. The van der Waals surface area contributed by atoms with Gasteiger partial charge >= 0.3 is 0 Å². The van der Waals surface area contributed by atoms with Gasteiger partial charge in [0.2, 0.25) is 0 Å². The molecule has 118 valence electrons. The van der Waals surface area contributed by atoms with Crippen molar-refractivity contribution in [2.24, 2.45) is 0 Å². The van der Waals surface area contributed by atoms with Gasteiger partial charge in [0, 0.05) is 6.54 Å². The number of aliphatic hydroxyl groups is 1. The Morgan fingerprint density at radius 2 is 2.09 bits per heavy atom. The molecule has 0 fully saturated rings. The van der Waals surface area contributed by atoms with Crippen LogP contribution < -0.4 is 5.32 Å². The standard InChI is InChI=1S/C16H20ClN3O2/c1-11(21)8-9-18-16(22)14-12(2)19-20(15(14)17)10-13-6-4-3-5-7-13/h3-7,11,21H,8-10H2,1-2H3,(H,18,22). The maximum atomic E-state index is 12.2. The van der Waals surface area contributed by atoms with Crippen LogP contribution in [-0.4, -0.2) is 33.4 Å². The topological polar surface area (TPSA) is 67.2 Å². The maximum Gasteiger partial charge on any atom is 0.256 e. The number of benzene rings is 1. The predicted molar refractivity (Wildman–Crippen MR) is 86.1 cm³/mol. The van der Waals surface area contributed by atoms with Crippen LogP contribution in [0.4, 0.5) is 0 Å². The molecule has 1 aromatic heterocycles. The van der Waals surface area contributed by atoms with E-state index in [0.29, 0.717) is 35.9 Å². The number of aliphatic hydroxyl groups excluding tert-OH is 1. The van der Waals surface area contributed by atoms with E-state index in [2.05, 4.69) is 10.4 Å². The Morgan fingerprint density at radius 1 is 1.41 bits per heavy atom. The Bertz CT molecular complexity index is 638. The first-order valence-electron chi connectivity index (χ1n) is 7.22. The maximum absolute atomic E-state index is 12.2. The van der Waals surface area contributed by atoms with Crippen LogP contribution in [0.15, 0.2) is 30.3 Å². The average molecular weight is 322 g/mol. The highest BCUT2D eigenvalue weighted by atomic mass is 35.5. The molecule has 0 bridgehead atoms. The van der Waals surface area contributed by atoms with E-state index < -0.39 is 6.10 Å². The summed E-state index contributed by atoms with van der Waals surface area (Å²) >= 11 is 6.31. The third-order valence-electron chi connectivity index (χ3n) is 3.32. The molecule has 6 heteroatoms. The second-order valence-electron chi connectivity index (χ2n) is 5.29. The number of nitrogens with one attached hydrogen (secondary N) is 1. The number of carbonyl (C=O) groups excluding carboxylic acids is 1. The molecule has 1 amide bonds. The van der Waals surface area contributed by atoms with E-state index in [1.54, 1.807) is 18.5 Å². The lowest BCUT2D eigenvalue weighted by atomic mass is 10.2. The zero-order chi connectivity index (χ0) is 16.1. The van der Waals surface area contributed by atoms with Crippen molar-refractivity contribution >= 4 is 17.5 Å². The molecule has 0 saturated carbocycles. The molecule has 2 aromatic rings. The van der Waals surface area contributed by atoms with E-state index in [-0.39, 0.29) is 5.91 Å². The third kappa shape index (κ3) is 4.08. The number of aromatic nitrogens is 2. The fourth-order valence-electron chi connectivity index (χ4n) is 2.16. The van der Waals surface area contributed by atoms with Crippen molar-refractivity contribution in [3.8, 4) is 0 Å². The summed E-state index contributed by atoms with van der Waals surface area (Å²) in [4.78, 5) is 12.2. The van der Waals surface area contributed by atoms with Crippen molar-refractivity contribution < 1.29 is 9.90 Å². The fraction of sp³-hybridized carbons (Fsp3) is 0.375. The van der Waals surface area contributed by atoms with E-state index in [0.717, 1.165) is 5.56 Å². The van der Waals surface area contributed by atoms with Gasteiger partial charge in [-0.2, -0.15) is 5.10 Å². The fourth-order valence-corrected chi connectivity index (χ4v) is 2.48. The van der Waals surface area contributed by atoms with Crippen LogP contribution in [-0.2, 0) is 6.54 Å². The SMILES string of the molecule is Cc1nn(Cc2ccccc2)c(Cl)c1C(=O)NCCC(C)O. The lowest BCUT2D eigenvalue weighted by Gasteiger charge is -2.07. The number of nitrogens with zero attached hydrogens (tertiary/aromatic N) is 2. The van der Waals surface area contributed by atoms with E-state index in [1.807, 2.05) is 30.3 Å². The first kappa shape index (κ1) is 16.5. The summed E-state index contributed by atoms with van der Waals surface area (Å²) in [6, 6.07) is 9.80. The highest BCUT2D eigenvalue weighted by molar-refractivity contribution is 6.33. The third-order valence-corrected chi connectivity index (χ3v) is 3.70. The molecule has 22 heavy (non-hydrogen) atoms. The molecule has 0 aliphatic rings. The quantitative estimate of drug-likeness (QED) is 0.858. The first-order valence-corrected chi connectivity index (χ1v) is 7.60. The second kappa shape index (κ2) is 7.42. The molecule has 2 N–H and O–H groups in total. The summed E-state index contributed by atoms with van der Waals surface area (Å²) in [6.45, 7) is 4.36. The summed E-state index contributed by atoms with van der Waals surface area (Å²) in [7, 11) is 0. The molecule has 0 radical (unpaired) electrons. The van der Waals surface area contributed by atoms with Gasteiger partial charge in [0.05, 0.1) is 23.9 Å². The minimum atomic E-state index is -0.447. The summed E-state index contributed by atoms with van der Waals surface area (Å²) in [5.74, 6) is -0.262. The van der Waals surface area contributed by atoms with E-state index >= 15 is 0 Å². The normalized spacial score (nSPS) is 12.2. The van der Waals surface area contributed by atoms with Gasteiger partial charge in [-0.05, 0) is 25.8 Å². The number of amides is 1. The summed E-state index contributed by atoms with van der Waals surface area (Å²) in [6.07, 6.45) is 0.0540. The predicted octanol–water partition coefficient (Wildman–Crippen LogP) is 2.39. The molecule has 5 nitrogen and oxygen atoms in total. The van der Waals surface area contributed by atoms with Crippen LogP contribution in [0.3, 0.4) is 0 Å². The second-order valence-corrected chi connectivity index (χ2v) is 5.65. The van der Waals surface area contributed by atoms with Gasteiger partial charge in [-0.3, -0.25) is 4.79 Å². The number of carbonyl (C=O) groups is 1. The van der Waals surface area contributed by atoms with E-state index in [4.69, 9.17) is 11.6 Å². The molecule has 0 aliphatic heterocycles. The Labute approximate surface area is 134 Å². The van der Waals surface area contributed by atoms with Crippen LogP contribution in [0, 0.1) is 6.92 Å². The number of hydrogen-bond donors (Lipinski definition) is 2. The molecule has 0 saturated heterocycles. The molecule has 2 rings (SSSR count). The largest absolute Gasteiger partial charge is 0.393 e. The summed E-state index contributed by atoms with van der Waals surface area (Å²) < 4.78 is 1.62. The van der Waals surface area contributed by atoms with E-state index in [1.165, 1.54) is 0 Å². The molecule has 0 spiro atoms. The number of rotatable bonds is 6. The zero-order valence-electron chi connectivity index (χ0n) is 12.7. The lowest BCUT2D eigenvalue weighted by Crippen LogP contribution is -2.27. The van der Waals surface area contributed by atoms with Crippen molar-refractivity contribution in [2.45, 2.75) is 32.9 Å². The van der Waals surface area contributed by atoms with Gasteiger partial charge in [0.1, 0.15) is 5.15 Å². The summed E-state index contributed by atoms with van der Waals surface area (Å²) in [5, 5.41) is 16.6. The smallest absolute Gasteiger partial charge is 0.256 e. The molecule has 1 atom stereocenters. The highest BCUT2D eigenvalue weighted by Crippen LogP contribution is 2.20. The van der Waals surface area contributed by atoms with Crippen LogP contribution in [0.25, 0.3) is 0 Å². The van der Waals surface area contributed by atoms with Gasteiger partial charge in [-0.1, -0.05) is 41.9 Å². The molecule has 1 heterocycles. The highest BCUT2D eigenvalue weighted by Gasteiger charge is 2.20. The number of aryl methyl sites for hydroxylation is 1. The molecule has 1 aromatic carbocycles. The minimum Gasteiger partial charge on any atom is -0.393 e. The van der Waals surface area contributed by atoms with Crippen molar-refractivity contribution in [3.63, 3.8) is 0 Å². The Kier molecular flexibility index (Phi) is 5.57. The van der Waals surface area contributed by atoms with Crippen molar-refractivity contribution in [2.75, 3.05) is 6.54 Å². The molecule has 0 aliphatic carbocycles. The molecular weight excluding hydrogens is 302 g/mol. The van der Waals surface area contributed by atoms with Gasteiger partial charge in [0.25, 0.3) is 5.91 Å². The zero-order valence-corrected chi connectivity index (χ0v) is 13.5. The number of hydrogen-bond acceptors (Lipinski definition) is 3. The summed E-state index contributed by atoms with van der Waals surface area (Å²) in [5.41, 5.74) is 2.05. The Morgan fingerprint density at radius 3 is 2.73 bits per heavy atom. The lowest BCUT2D eigenvalue weighted by molar-refractivity contribution is 0.0945. The molecular formula is C16H20ClN3O2. The monoisotopic (exact) mass is 321 g/mol. The van der Waals surface area contributed by atoms with Crippen LogP contribution >= 0.6 is 11.6 Å². The van der Waals surface area contributed by atoms with E-state index in [9.17, 15) is 9.90 Å². The van der Waals surface area contributed by atoms with Gasteiger partial charge in [0.15, 0.2) is 0 Å². The van der Waals surface area contributed by atoms with Crippen LogP contribution in [0.1, 0.15) is 35.0 Å². The Hall–Kier alpha value is -1.85. The van der Waals surface area contributed by atoms with Crippen molar-refractivity contribution in [3.05, 3.63) is 52.3 Å². The van der Waals surface area contributed by atoms with Gasteiger partial charge in [-0.15, -0.1) is 0 Å². The number of halogens is 1. The first-order chi connectivity index (χ1) is 10.5. The average Bonchev–Trinajstić information content (AvgIpc) is 2.74. The van der Waals surface area contributed by atoms with Gasteiger partial charge < -0.3 is 10.4 Å².